The summed E-state index contributed by atoms with van der Waals surface area (Å²) < 4.78 is 11.3. The first kappa shape index (κ1) is 20.9. The van der Waals surface area contributed by atoms with Gasteiger partial charge >= 0.3 is 5.97 Å². The Morgan fingerprint density at radius 3 is 2.70 bits per heavy atom. The number of rotatable bonds is 4. The van der Waals surface area contributed by atoms with Crippen molar-refractivity contribution in [2.24, 2.45) is 5.41 Å². The zero-order chi connectivity index (χ0) is 21.5. The molecule has 0 unspecified atom stereocenters. The van der Waals surface area contributed by atoms with E-state index in [2.05, 4.69) is 19.2 Å². The third kappa shape index (κ3) is 3.95. The predicted molar refractivity (Wildman–Crippen MR) is 115 cm³/mol. The van der Waals surface area contributed by atoms with Crippen molar-refractivity contribution in [1.82, 2.24) is 5.32 Å². The van der Waals surface area contributed by atoms with E-state index in [1.807, 2.05) is 38.1 Å². The second-order valence-corrected chi connectivity index (χ2v) is 9.52. The Morgan fingerprint density at radius 1 is 1.23 bits per heavy atom. The molecule has 160 valence electrons. The van der Waals surface area contributed by atoms with Gasteiger partial charge in [0.15, 0.2) is 5.78 Å². The Bertz CT molecular complexity index is 934. The van der Waals surface area contributed by atoms with Gasteiger partial charge in [-0.15, -0.1) is 0 Å². The van der Waals surface area contributed by atoms with E-state index < -0.39 is 5.92 Å². The van der Waals surface area contributed by atoms with Crippen LogP contribution in [-0.4, -0.2) is 31.1 Å². The molecule has 3 aliphatic rings. The van der Waals surface area contributed by atoms with Crippen LogP contribution in [0.5, 0.6) is 0 Å². The van der Waals surface area contributed by atoms with Crippen LogP contribution in [0.25, 0.3) is 0 Å². The number of carbonyl (C=O) groups excluding carboxylic acids is 2. The fraction of sp³-hybridized carbons (Fsp3) is 0.520. The molecule has 1 aliphatic carbocycles. The maximum absolute atomic E-state index is 13.3. The van der Waals surface area contributed by atoms with Crippen molar-refractivity contribution in [2.75, 3.05) is 13.2 Å². The second kappa shape index (κ2) is 8.03. The van der Waals surface area contributed by atoms with Crippen molar-refractivity contribution in [3.63, 3.8) is 0 Å². The number of esters is 1. The number of dihydropyridines is 1. The van der Waals surface area contributed by atoms with Crippen molar-refractivity contribution in [3.8, 4) is 0 Å². The summed E-state index contributed by atoms with van der Waals surface area (Å²) in [6.45, 7) is 9.14. The van der Waals surface area contributed by atoms with Crippen LogP contribution in [0.15, 0.2) is 46.8 Å². The Kier molecular flexibility index (Phi) is 5.58. The summed E-state index contributed by atoms with van der Waals surface area (Å²) in [4.78, 5) is 26.5. The Hall–Kier alpha value is -2.40. The molecule has 1 aromatic rings. The maximum atomic E-state index is 13.3. The van der Waals surface area contributed by atoms with Crippen LogP contribution < -0.4 is 5.32 Å². The number of hydrogen-bond donors (Lipinski definition) is 1. The molecule has 30 heavy (non-hydrogen) atoms. The zero-order valence-corrected chi connectivity index (χ0v) is 18.3. The van der Waals surface area contributed by atoms with E-state index in [0.717, 1.165) is 54.0 Å². The van der Waals surface area contributed by atoms with E-state index in [1.165, 1.54) is 0 Å². The van der Waals surface area contributed by atoms with Gasteiger partial charge in [0.05, 0.1) is 11.7 Å². The Labute approximate surface area is 178 Å². The molecular formula is C25H31NO4. The molecule has 0 aromatic heterocycles. The van der Waals surface area contributed by atoms with Crippen LogP contribution >= 0.6 is 0 Å². The average Bonchev–Trinajstić information content (AvgIpc) is 3.18. The van der Waals surface area contributed by atoms with E-state index in [-0.39, 0.29) is 29.9 Å². The molecule has 0 saturated carbocycles. The Morgan fingerprint density at radius 2 is 2.00 bits per heavy atom. The van der Waals surface area contributed by atoms with Gasteiger partial charge in [-0.05, 0) is 49.7 Å². The summed E-state index contributed by atoms with van der Waals surface area (Å²) in [6.07, 6.45) is 3.14. The number of carbonyl (C=O) groups is 2. The first-order valence-corrected chi connectivity index (χ1v) is 10.8. The molecule has 4 rings (SSSR count). The fourth-order valence-corrected chi connectivity index (χ4v) is 4.95. The van der Waals surface area contributed by atoms with E-state index in [4.69, 9.17) is 9.47 Å². The van der Waals surface area contributed by atoms with Gasteiger partial charge < -0.3 is 14.8 Å². The van der Waals surface area contributed by atoms with Crippen molar-refractivity contribution in [2.45, 2.75) is 65.4 Å². The monoisotopic (exact) mass is 409 g/mol. The third-order valence-corrected chi connectivity index (χ3v) is 6.38. The number of ketones is 1. The molecule has 2 atom stereocenters. The molecule has 5 nitrogen and oxygen atoms in total. The normalized spacial score (nSPS) is 25.8. The zero-order valence-electron chi connectivity index (χ0n) is 18.3. The molecule has 1 aromatic carbocycles. The number of Topliss-reactive ketones (excluding diaryl/α,β-unsaturated/α-hetero) is 1. The van der Waals surface area contributed by atoms with Gasteiger partial charge in [-0.1, -0.05) is 38.1 Å². The van der Waals surface area contributed by atoms with Crippen molar-refractivity contribution < 1.29 is 19.1 Å². The van der Waals surface area contributed by atoms with E-state index in [0.29, 0.717) is 12.0 Å². The minimum Gasteiger partial charge on any atom is -0.459 e. The predicted octanol–water partition coefficient (Wildman–Crippen LogP) is 4.32. The molecule has 2 heterocycles. The van der Waals surface area contributed by atoms with E-state index in [9.17, 15) is 9.59 Å². The van der Waals surface area contributed by atoms with Crippen LogP contribution in [-0.2, 0) is 19.1 Å². The van der Waals surface area contributed by atoms with Crippen molar-refractivity contribution >= 4 is 11.8 Å². The highest BCUT2D eigenvalue weighted by Crippen LogP contribution is 2.47. The number of benzene rings is 1. The number of allylic oxidation sites excluding steroid dienone is 3. The Balaban J connectivity index is 1.73. The van der Waals surface area contributed by atoms with Crippen LogP contribution in [0.2, 0.25) is 0 Å². The second-order valence-electron chi connectivity index (χ2n) is 9.52. The van der Waals surface area contributed by atoms with Gasteiger partial charge in [-0.2, -0.15) is 0 Å². The van der Waals surface area contributed by atoms with Crippen molar-refractivity contribution in [1.29, 1.82) is 0 Å². The van der Waals surface area contributed by atoms with Crippen LogP contribution in [0, 0.1) is 12.3 Å². The molecule has 0 spiro atoms. The topological polar surface area (TPSA) is 64.6 Å². The lowest BCUT2D eigenvalue weighted by molar-refractivity contribution is -0.142. The van der Waals surface area contributed by atoms with Crippen molar-refractivity contribution in [3.05, 3.63) is 57.9 Å². The molecule has 0 amide bonds. The highest BCUT2D eigenvalue weighted by atomic mass is 16.6. The lowest BCUT2D eigenvalue weighted by atomic mass is 9.68. The van der Waals surface area contributed by atoms with E-state index >= 15 is 0 Å². The molecule has 1 fully saturated rings. The minimum atomic E-state index is -0.400. The summed E-state index contributed by atoms with van der Waals surface area (Å²) in [5.74, 6) is -0.657. The standard InChI is InChI=1S/C25H31NO4/c1-15-8-5-6-10-18(15)22-21(24(28)30-14-17-9-7-11-29-17)16(2)26-19-12-25(3,4)13-20(27)23(19)22/h5-6,8,10,17,22,26H,7,9,11-14H2,1-4H3/t17-,22-/m1/s1. The lowest BCUT2D eigenvalue weighted by Gasteiger charge is -2.39. The summed E-state index contributed by atoms with van der Waals surface area (Å²) in [7, 11) is 0. The first-order chi connectivity index (χ1) is 14.3. The molecule has 0 radical (unpaired) electrons. The number of nitrogens with one attached hydrogen (secondary N) is 1. The number of hydrogen-bond acceptors (Lipinski definition) is 5. The SMILES string of the molecule is CC1=C(C(=O)OC[C@H]2CCCO2)[C@@H](c2ccccc2C)C2=C(CC(C)(C)CC2=O)N1. The number of ether oxygens (including phenoxy) is 2. The molecule has 1 saturated heterocycles. The van der Waals surface area contributed by atoms with Gasteiger partial charge in [0.2, 0.25) is 0 Å². The van der Waals surface area contributed by atoms with Gasteiger partial charge in [0, 0.05) is 35.9 Å². The molecule has 0 bridgehead atoms. The average molecular weight is 410 g/mol. The first-order valence-electron chi connectivity index (χ1n) is 10.8. The number of aryl methyl sites for hydroxylation is 1. The maximum Gasteiger partial charge on any atom is 0.336 e. The smallest absolute Gasteiger partial charge is 0.336 e. The summed E-state index contributed by atoms with van der Waals surface area (Å²) in [6, 6.07) is 7.99. The summed E-state index contributed by atoms with van der Waals surface area (Å²) in [5, 5.41) is 3.39. The van der Waals surface area contributed by atoms with Gasteiger partial charge in [-0.25, -0.2) is 4.79 Å². The molecule has 5 heteroatoms. The fourth-order valence-electron chi connectivity index (χ4n) is 4.95. The molecular weight excluding hydrogens is 378 g/mol. The largest absolute Gasteiger partial charge is 0.459 e. The highest BCUT2D eigenvalue weighted by Gasteiger charge is 2.43. The van der Waals surface area contributed by atoms with Crippen LogP contribution in [0.3, 0.4) is 0 Å². The summed E-state index contributed by atoms with van der Waals surface area (Å²) in [5.41, 5.74) is 4.92. The van der Waals surface area contributed by atoms with Gasteiger partial charge in [0.25, 0.3) is 0 Å². The van der Waals surface area contributed by atoms with E-state index in [1.54, 1.807) is 0 Å². The third-order valence-electron chi connectivity index (χ3n) is 6.38. The highest BCUT2D eigenvalue weighted by molar-refractivity contribution is 6.04. The van der Waals surface area contributed by atoms with Crippen LogP contribution in [0.4, 0.5) is 0 Å². The quantitative estimate of drug-likeness (QED) is 0.750. The molecule has 1 N–H and O–H groups in total. The molecule has 2 aliphatic heterocycles. The lowest BCUT2D eigenvalue weighted by Crippen LogP contribution is -2.39. The summed E-state index contributed by atoms with van der Waals surface area (Å²) >= 11 is 0. The minimum absolute atomic E-state index is 0.0322. The van der Waals surface area contributed by atoms with Gasteiger partial charge in [-0.3, -0.25) is 4.79 Å². The van der Waals surface area contributed by atoms with Crippen LogP contribution in [0.1, 0.15) is 63.5 Å². The van der Waals surface area contributed by atoms with Gasteiger partial charge in [0.1, 0.15) is 6.61 Å².